The SMILES string of the molecule is CCOC(=O)c1cc2cc(F)c(COC)cc2[nH]1. The number of hydrogen-bond acceptors (Lipinski definition) is 3. The number of nitrogens with one attached hydrogen (secondary N) is 1. The first kappa shape index (κ1) is 12.6. The molecule has 0 bridgehead atoms. The normalized spacial score (nSPS) is 10.8. The molecule has 0 aliphatic heterocycles. The van der Waals surface area contributed by atoms with Crippen LogP contribution in [-0.4, -0.2) is 24.7 Å². The van der Waals surface area contributed by atoms with Gasteiger partial charge in [-0.2, -0.15) is 0 Å². The molecule has 0 aliphatic carbocycles. The quantitative estimate of drug-likeness (QED) is 0.850. The first-order valence-corrected chi connectivity index (χ1v) is 5.63. The van der Waals surface area contributed by atoms with Gasteiger partial charge in [0.1, 0.15) is 11.5 Å². The highest BCUT2D eigenvalue weighted by Crippen LogP contribution is 2.21. The minimum absolute atomic E-state index is 0.190. The number of aromatic nitrogens is 1. The van der Waals surface area contributed by atoms with E-state index in [-0.39, 0.29) is 12.4 Å². The fourth-order valence-electron chi connectivity index (χ4n) is 1.78. The maximum atomic E-state index is 13.7. The average Bonchev–Trinajstić information content (AvgIpc) is 2.73. The first-order chi connectivity index (χ1) is 8.65. The number of benzene rings is 1. The molecule has 0 atom stereocenters. The van der Waals surface area contributed by atoms with Gasteiger partial charge in [0, 0.05) is 23.6 Å². The zero-order valence-corrected chi connectivity index (χ0v) is 10.2. The summed E-state index contributed by atoms with van der Waals surface area (Å²) < 4.78 is 23.4. The molecule has 0 aliphatic rings. The maximum absolute atomic E-state index is 13.7. The summed E-state index contributed by atoms with van der Waals surface area (Å²) in [5.74, 6) is -0.791. The summed E-state index contributed by atoms with van der Waals surface area (Å²) in [5, 5.41) is 0.635. The van der Waals surface area contributed by atoms with Crippen molar-refractivity contribution in [3.8, 4) is 0 Å². The molecule has 0 fully saturated rings. The van der Waals surface area contributed by atoms with Crippen molar-refractivity contribution in [1.82, 2.24) is 4.98 Å². The van der Waals surface area contributed by atoms with Crippen LogP contribution in [0.5, 0.6) is 0 Å². The highest BCUT2D eigenvalue weighted by atomic mass is 19.1. The fourth-order valence-corrected chi connectivity index (χ4v) is 1.78. The molecule has 2 rings (SSSR count). The Bertz CT molecular complexity index is 577. The zero-order valence-electron chi connectivity index (χ0n) is 10.2. The number of fused-ring (bicyclic) bond motifs is 1. The van der Waals surface area contributed by atoms with Crippen LogP contribution in [0, 0.1) is 5.82 Å². The Balaban J connectivity index is 2.42. The van der Waals surface area contributed by atoms with Crippen LogP contribution in [0.3, 0.4) is 0 Å². The predicted molar refractivity (Wildman–Crippen MR) is 64.9 cm³/mol. The van der Waals surface area contributed by atoms with Crippen molar-refractivity contribution >= 4 is 16.9 Å². The van der Waals surface area contributed by atoms with Gasteiger partial charge in [-0.05, 0) is 25.1 Å². The predicted octanol–water partition coefficient (Wildman–Crippen LogP) is 2.63. The lowest BCUT2D eigenvalue weighted by molar-refractivity contribution is 0.0520. The highest BCUT2D eigenvalue weighted by Gasteiger charge is 2.12. The minimum Gasteiger partial charge on any atom is -0.461 e. The van der Waals surface area contributed by atoms with Gasteiger partial charge in [-0.3, -0.25) is 0 Å². The number of ether oxygens (including phenoxy) is 2. The Labute approximate surface area is 104 Å². The Kier molecular flexibility index (Phi) is 3.62. The summed E-state index contributed by atoms with van der Waals surface area (Å²) in [4.78, 5) is 14.4. The Hall–Kier alpha value is -1.88. The van der Waals surface area contributed by atoms with Gasteiger partial charge in [0.05, 0.1) is 13.2 Å². The summed E-state index contributed by atoms with van der Waals surface area (Å²) in [6, 6.07) is 4.59. The van der Waals surface area contributed by atoms with Gasteiger partial charge in [-0.1, -0.05) is 0 Å². The van der Waals surface area contributed by atoms with E-state index in [2.05, 4.69) is 4.98 Å². The molecule has 2 aromatic rings. The van der Waals surface area contributed by atoms with Crippen molar-refractivity contribution in [2.24, 2.45) is 0 Å². The molecule has 96 valence electrons. The number of rotatable bonds is 4. The standard InChI is InChI=1S/C13H14FNO3/c1-3-18-13(16)12-5-8-4-10(14)9(7-17-2)6-11(8)15-12/h4-6,15H,3,7H2,1-2H3. The van der Waals surface area contributed by atoms with Crippen LogP contribution in [0.1, 0.15) is 23.0 Å². The lowest BCUT2D eigenvalue weighted by Gasteiger charge is -2.01. The molecule has 1 heterocycles. The summed E-state index contributed by atoms with van der Waals surface area (Å²) in [7, 11) is 1.50. The molecular formula is C13H14FNO3. The highest BCUT2D eigenvalue weighted by molar-refractivity contribution is 5.95. The van der Waals surface area contributed by atoms with Crippen LogP contribution in [0.2, 0.25) is 0 Å². The molecule has 0 saturated heterocycles. The second-order valence-electron chi connectivity index (χ2n) is 3.87. The third kappa shape index (κ3) is 2.36. The molecule has 18 heavy (non-hydrogen) atoms. The Morgan fingerprint density at radius 2 is 2.17 bits per heavy atom. The van der Waals surface area contributed by atoms with Crippen molar-refractivity contribution < 1.29 is 18.7 Å². The largest absolute Gasteiger partial charge is 0.461 e. The van der Waals surface area contributed by atoms with Crippen LogP contribution in [0.15, 0.2) is 18.2 Å². The summed E-state index contributed by atoms with van der Waals surface area (Å²) >= 11 is 0. The van der Waals surface area contributed by atoms with Gasteiger partial charge in [-0.25, -0.2) is 9.18 Å². The number of carbonyl (C=O) groups excluding carboxylic acids is 1. The second-order valence-corrected chi connectivity index (χ2v) is 3.87. The number of aromatic amines is 1. The van der Waals surface area contributed by atoms with Crippen molar-refractivity contribution in [1.29, 1.82) is 0 Å². The van der Waals surface area contributed by atoms with Crippen LogP contribution in [-0.2, 0) is 16.1 Å². The fraction of sp³-hybridized carbons (Fsp3) is 0.308. The van der Waals surface area contributed by atoms with E-state index in [1.807, 2.05) is 0 Å². The number of carbonyl (C=O) groups is 1. The van der Waals surface area contributed by atoms with Crippen LogP contribution < -0.4 is 0 Å². The number of halogens is 1. The van der Waals surface area contributed by atoms with Crippen LogP contribution in [0.4, 0.5) is 4.39 Å². The number of hydrogen-bond donors (Lipinski definition) is 1. The van der Waals surface area contributed by atoms with E-state index < -0.39 is 5.97 Å². The van der Waals surface area contributed by atoms with Crippen LogP contribution in [0.25, 0.3) is 10.9 Å². The van der Waals surface area contributed by atoms with Crippen molar-refractivity contribution in [3.63, 3.8) is 0 Å². The topological polar surface area (TPSA) is 51.3 Å². The van der Waals surface area contributed by atoms with E-state index in [9.17, 15) is 9.18 Å². The van der Waals surface area contributed by atoms with Gasteiger partial charge >= 0.3 is 5.97 Å². The van der Waals surface area contributed by atoms with Gasteiger partial charge in [-0.15, -0.1) is 0 Å². The molecule has 0 saturated carbocycles. The minimum atomic E-state index is -0.442. The average molecular weight is 251 g/mol. The number of esters is 1. The molecule has 1 aromatic heterocycles. The monoisotopic (exact) mass is 251 g/mol. The zero-order chi connectivity index (χ0) is 13.1. The van der Waals surface area contributed by atoms with E-state index in [0.29, 0.717) is 28.8 Å². The smallest absolute Gasteiger partial charge is 0.354 e. The number of H-pyrrole nitrogens is 1. The molecule has 0 radical (unpaired) electrons. The van der Waals surface area contributed by atoms with E-state index in [1.54, 1.807) is 19.1 Å². The van der Waals surface area contributed by atoms with Gasteiger partial charge in [0.25, 0.3) is 0 Å². The third-order valence-electron chi connectivity index (χ3n) is 2.58. The molecular weight excluding hydrogens is 237 g/mol. The van der Waals surface area contributed by atoms with E-state index >= 15 is 0 Å². The second kappa shape index (κ2) is 5.18. The third-order valence-corrected chi connectivity index (χ3v) is 2.58. The van der Waals surface area contributed by atoms with Gasteiger partial charge in [0.15, 0.2) is 0 Å². The molecule has 4 nitrogen and oxygen atoms in total. The van der Waals surface area contributed by atoms with E-state index in [4.69, 9.17) is 9.47 Å². The van der Waals surface area contributed by atoms with Gasteiger partial charge < -0.3 is 14.5 Å². The molecule has 1 N–H and O–H groups in total. The molecule has 1 aromatic carbocycles. The summed E-state index contributed by atoms with van der Waals surface area (Å²) in [6.45, 7) is 2.23. The van der Waals surface area contributed by atoms with E-state index in [0.717, 1.165) is 0 Å². The Morgan fingerprint density at radius 1 is 1.39 bits per heavy atom. The first-order valence-electron chi connectivity index (χ1n) is 5.63. The lowest BCUT2D eigenvalue weighted by atomic mass is 10.1. The molecule has 0 amide bonds. The molecule has 0 spiro atoms. The summed E-state index contributed by atoms with van der Waals surface area (Å²) in [5.41, 5.74) is 1.45. The van der Waals surface area contributed by atoms with Crippen LogP contribution >= 0.6 is 0 Å². The number of methoxy groups -OCH3 is 1. The Morgan fingerprint density at radius 3 is 2.83 bits per heavy atom. The van der Waals surface area contributed by atoms with Crippen molar-refractivity contribution in [2.45, 2.75) is 13.5 Å². The lowest BCUT2D eigenvalue weighted by Crippen LogP contribution is -2.04. The molecule has 5 heteroatoms. The maximum Gasteiger partial charge on any atom is 0.354 e. The molecule has 0 unspecified atom stereocenters. The summed E-state index contributed by atoms with van der Waals surface area (Å²) in [6.07, 6.45) is 0. The van der Waals surface area contributed by atoms with E-state index in [1.165, 1.54) is 13.2 Å². The van der Waals surface area contributed by atoms with Gasteiger partial charge in [0.2, 0.25) is 0 Å². The van der Waals surface area contributed by atoms with Crippen molar-refractivity contribution in [3.05, 3.63) is 35.3 Å². The van der Waals surface area contributed by atoms with Crippen molar-refractivity contribution in [2.75, 3.05) is 13.7 Å².